The number of carboxylic acid groups (broad SMARTS) is 2. The molecular formula is C27H24FN3O6S. The smallest absolute Gasteiger partial charge is 0.336 e. The molecule has 0 aromatic heterocycles. The van der Waals surface area contributed by atoms with Crippen LogP contribution in [0.25, 0.3) is 0 Å². The number of thioether (sulfide) groups is 1. The van der Waals surface area contributed by atoms with Crippen molar-refractivity contribution in [2.45, 2.75) is 4.90 Å². The fraction of sp³-hybridized carbons (Fsp3) is 0.185. The minimum absolute atomic E-state index is 0.0535. The molecule has 4 rings (SSSR count). The molecule has 1 aliphatic heterocycles. The van der Waals surface area contributed by atoms with Crippen molar-refractivity contribution in [2.24, 2.45) is 0 Å². The van der Waals surface area contributed by atoms with Gasteiger partial charge in [-0.3, -0.25) is 9.59 Å². The normalized spacial score (nSPS) is 13.2. The molecule has 11 heteroatoms. The number of carbonyl (C=O) groups is 4. The van der Waals surface area contributed by atoms with E-state index in [1.165, 1.54) is 17.8 Å². The summed E-state index contributed by atoms with van der Waals surface area (Å²) in [6.45, 7) is 2.03. The number of carboxylic acids is 2. The second-order valence-electron chi connectivity index (χ2n) is 8.46. The van der Waals surface area contributed by atoms with Crippen molar-refractivity contribution in [3.05, 3.63) is 89.2 Å². The lowest BCUT2D eigenvalue weighted by atomic mass is 10.0. The van der Waals surface area contributed by atoms with Gasteiger partial charge in [0.1, 0.15) is 5.82 Å². The monoisotopic (exact) mass is 537 g/mol. The summed E-state index contributed by atoms with van der Waals surface area (Å²) in [5.41, 5.74) is 0.0836. The number of aromatic carboxylic acids is 2. The second kappa shape index (κ2) is 11.8. The van der Waals surface area contributed by atoms with Crippen LogP contribution in [0, 0.1) is 5.82 Å². The van der Waals surface area contributed by atoms with Gasteiger partial charge in [0.15, 0.2) is 0 Å². The number of halogens is 1. The van der Waals surface area contributed by atoms with Gasteiger partial charge in [0.2, 0.25) is 5.91 Å². The van der Waals surface area contributed by atoms with Crippen LogP contribution in [0.1, 0.15) is 31.1 Å². The summed E-state index contributed by atoms with van der Waals surface area (Å²) < 4.78 is 14.0. The predicted octanol–water partition coefficient (Wildman–Crippen LogP) is 3.92. The Morgan fingerprint density at radius 1 is 0.842 bits per heavy atom. The van der Waals surface area contributed by atoms with Gasteiger partial charge in [-0.2, -0.15) is 0 Å². The topological polar surface area (TPSA) is 127 Å². The van der Waals surface area contributed by atoms with E-state index in [4.69, 9.17) is 5.11 Å². The van der Waals surface area contributed by atoms with Crippen molar-refractivity contribution >= 4 is 46.9 Å². The highest BCUT2D eigenvalue weighted by atomic mass is 32.2. The van der Waals surface area contributed by atoms with Gasteiger partial charge in [0.05, 0.1) is 28.1 Å². The summed E-state index contributed by atoms with van der Waals surface area (Å²) in [5, 5.41) is 21.1. The van der Waals surface area contributed by atoms with Crippen molar-refractivity contribution in [1.29, 1.82) is 0 Å². The lowest BCUT2D eigenvalue weighted by molar-refractivity contribution is -0.128. The van der Waals surface area contributed by atoms with Gasteiger partial charge in [-0.05, 0) is 48.5 Å². The SMILES string of the molecule is O=C(O)c1ccc(C(=O)Nc2cccc(SCC(=O)N3CCN(c4ccccc4F)CC3)c2)c(C(=O)O)c1. The van der Waals surface area contributed by atoms with Gasteiger partial charge in [-0.15, -0.1) is 11.8 Å². The molecule has 9 nitrogen and oxygen atoms in total. The molecule has 0 saturated carbocycles. The standard InChI is InChI=1S/C27H24FN3O6S/c28-22-6-1-2-7-23(22)30-10-12-31(13-11-30)24(32)16-38-19-5-3-4-18(15-19)29-25(33)20-9-8-17(26(34)35)14-21(20)27(36)37/h1-9,14-15H,10-13,16H2,(H,29,33)(H,34,35)(H,36,37). The number of carbonyl (C=O) groups excluding carboxylic acids is 2. The maximum Gasteiger partial charge on any atom is 0.336 e. The molecule has 1 heterocycles. The molecule has 0 spiro atoms. The van der Waals surface area contributed by atoms with E-state index in [2.05, 4.69) is 5.32 Å². The summed E-state index contributed by atoms with van der Waals surface area (Å²) >= 11 is 1.30. The number of para-hydroxylation sites is 1. The molecule has 1 fully saturated rings. The van der Waals surface area contributed by atoms with Gasteiger partial charge >= 0.3 is 11.9 Å². The number of piperazine rings is 1. The van der Waals surface area contributed by atoms with E-state index in [1.807, 2.05) is 4.90 Å². The van der Waals surface area contributed by atoms with Crippen LogP contribution in [0.15, 0.2) is 71.6 Å². The van der Waals surface area contributed by atoms with Crippen LogP contribution in [0.5, 0.6) is 0 Å². The number of nitrogens with zero attached hydrogens (tertiary/aromatic N) is 2. The van der Waals surface area contributed by atoms with Gasteiger partial charge < -0.3 is 25.3 Å². The first-order chi connectivity index (χ1) is 18.2. The number of hydrogen-bond acceptors (Lipinski definition) is 6. The highest BCUT2D eigenvalue weighted by Crippen LogP contribution is 2.24. The number of benzene rings is 3. The van der Waals surface area contributed by atoms with Crippen LogP contribution in [-0.4, -0.2) is 70.8 Å². The van der Waals surface area contributed by atoms with Gasteiger partial charge in [-0.25, -0.2) is 14.0 Å². The zero-order valence-corrected chi connectivity index (χ0v) is 20.9. The number of anilines is 2. The Hall–Kier alpha value is -4.38. The van der Waals surface area contributed by atoms with Crippen LogP contribution in [0.3, 0.4) is 0 Å². The zero-order valence-electron chi connectivity index (χ0n) is 20.1. The fourth-order valence-corrected chi connectivity index (χ4v) is 4.91. The third kappa shape index (κ3) is 6.30. The first-order valence-electron chi connectivity index (χ1n) is 11.6. The van der Waals surface area contributed by atoms with Gasteiger partial charge in [-0.1, -0.05) is 18.2 Å². The number of amides is 2. The summed E-state index contributed by atoms with van der Waals surface area (Å²) in [6, 6.07) is 16.6. The molecule has 3 aromatic carbocycles. The third-order valence-corrected chi connectivity index (χ3v) is 7.00. The summed E-state index contributed by atoms with van der Waals surface area (Å²) in [5.74, 6) is -3.59. The molecule has 3 aromatic rings. The van der Waals surface area contributed by atoms with E-state index in [0.717, 1.165) is 23.1 Å². The average molecular weight is 538 g/mol. The highest BCUT2D eigenvalue weighted by Gasteiger charge is 2.23. The number of rotatable bonds is 8. The average Bonchev–Trinajstić information content (AvgIpc) is 2.92. The molecule has 1 saturated heterocycles. The largest absolute Gasteiger partial charge is 0.478 e. The van der Waals surface area contributed by atoms with Crippen LogP contribution in [0.2, 0.25) is 0 Å². The van der Waals surface area contributed by atoms with Crippen LogP contribution >= 0.6 is 11.8 Å². The van der Waals surface area contributed by atoms with E-state index < -0.39 is 23.4 Å². The van der Waals surface area contributed by atoms with Crippen LogP contribution in [-0.2, 0) is 4.79 Å². The molecule has 0 aliphatic carbocycles. The van der Waals surface area contributed by atoms with E-state index in [-0.39, 0.29) is 28.6 Å². The lowest BCUT2D eigenvalue weighted by Crippen LogP contribution is -2.49. The van der Waals surface area contributed by atoms with Gasteiger partial charge in [0.25, 0.3) is 5.91 Å². The molecule has 2 amide bonds. The number of nitrogens with one attached hydrogen (secondary N) is 1. The summed E-state index contributed by atoms with van der Waals surface area (Å²) in [4.78, 5) is 52.6. The molecule has 0 bridgehead atoms. The van der Waals surface area contributed by atoms with Crippen LogP contribution in [0.4, 0.5) is 15.8 Å². The molecule has 196 valence electrons. The third-order valence-electron chi connectivity index (χ3n) is 6.02. The summed E-state index contributed by atoms with van der Waals surface area (Å²) in [7, 11) is 0. The Bertz CT molecular complexity index is 1390. The Morgan fingerprint density at radius 3 is 2.26 bits per heavy atom. The molecule has 1 aliphatic rings. The Balaban J connectivity index is 1.34. The minimum Gasteiger partial charge on any atom is -0.478 e. The lowest BCUT2D eigenvalue weighted by Gasteiger charge is -2.36. The van der Waals surface area contributed by atoms with Crippen molar-refractivity contribution in [3.63, 3.8) is 0 Å². The Kier molecular flexibility index (Phi) is 8.27. The first kappa shape index (κ1) is 26.7. The van der Waals surface area contributed by atoms with E-state index >= 15 is 0 Å². The fourth-order valence-electron chi connectivity index (χ4n) is 4.06. The van der Waals surface area contributed by atoms with Crippen molar-refractivity contribution < 1.29 is 33.8 Å². The quantitative estimate of drug-likeness (QED) is 0.369. The first-order valence-corrected chi connectivity index (χ1v) is 12.6. The van der Waals surface area contributed by atoms with Crippen LogP contribution < -0.4 is 10.2 Å². The van der Waals surface area contributed by atoms with Crippen molar-refractivity contribution in [2.75, 3.05) is 42.1 Å². The van der Waals surface area contributed by atoms with Crippen molar-refractivity contribution in [3.8, 4) is 0 Å². The molecule has 0 radical (unpaired) electrons. The predicted molar refractivity (Wildman–Crippen MR) is 141 cm³/mol. The Morgan fingerprint density at radius 2 is 1.58 bits per heavy atom. The summed E-state index contributed by atoms with van der Waals surface area (Å²) in [6.07, 6.45) is 0. The molecule has 3 N–H and O–H groups in total. The minimum atomic E-state index is -1.42. The molecule has 38 heavy (non-hydrogen) atoms. The van der Waals surface area contributed by atoms with Crippen molar-refractivity contribution in [1.82, 2.24) is 4.90 Å². The maximum absolute atomic E-state index is 14.0. The molecule has 0 atom stereocenters. The second-order valence-corrected chi connectivity index (χ2v) is 9.51. The van der Waals surface area contributed by atoms with E-state index in [9.17, 15) is 28.7 Å². The van der Waals surface area contributed by atoms with Gasteiger partial charge in [0, 0.05) is 36.8 Å². The number of hydrogen-bond donors (Lipinski definition) is 3. The highest BCUT2D eigenvalue weighted by molar-refractivity contribution is 8.00. The van der Waals surface area contributed by atoms with E-state index in [1.54, 1.807) is 47.4 Å². The maximum atomic E-state index is 14.0. The Labute approximate surface area is 221 Å². The van der Waals surface area contributed by atoms with E-state index in [0.29, 0.717) is 37.6 Å². The molecule has 0 unspecified atom stereocenters. The molecular weight excluding hydrogens is 513 g/mol. The zero-order chi connectivity index (χ0) is 27.2.